The maximum absolute atomic E-state index is 10.2. The van der Waals surface area contributed by atoms with Crippen LogP contribution in [0.2, 0.25) is 0 Å². The van der Waals surface area contributed by atoms with Crippen LogP contribution in [0, 0.1) is 13.8 Å². The standard InChI is InChI=1S/C18H23NO/c1-4-15-8-10-16(11-9-15)18(20)12-19-17-7-5-6-13(2)14(17)3/h5-11,18-20H,4,12H2,1-3H3. The fourth-order valence-corrected chi connectivity index (χ4v) is 2.24. The molecule has 0 spiro atoms. The summed E-state index contributed by atoms with van der Waals surface area (Å²) >= 11 is 0. The lowest BCUT2D eigenvalue weighted by Crippen LogP contribution is -2.13. The van der Waals surface area contributed by atoms with Gasteiger partial charge in [0.15, 0.2) is 0 Å². The summed E-state index contributed by atoms with van der Waals surface area (Å²) in [6.45, 7) is 6.85. The molecule has 0 aliphatic heterocycles. The molecule has 0 aromatic heterocycles. The Morgan fingerprint density at radius 3 is 2.40 bits per heavy atom. The molecule has 2 heteroatoms. The average Bonchev–Trinajstić information content (AvgIpc) is 2.48. The molecule has 2 aromatic carbocycles. The first-order valence-corrected chi connectivity index (χ1v) is 7.18. The van der Waals surface area contributed by atoms with Crippen molar-refractivity contribution in [2.75, 3.05) is 11.9 Å². The van der Waals surface area contributed by atoms with E-state index in [0.29, 0.717) is 6.54 Å². The van der Waals surface area contributed by atoms with Crippen LogP contribution in [0.25, 0.3) is 0 Å². The van der Waals surface area contributed by atoms with E-state index in [-0.39, 0.29) is 0 Å². The van der Waals surface area contributed by atoms with Crippen molar-refractivity contribution in [1.82, 2.24) is 0 Å². The van der Waals surface area contributed by atoms with E-state index in [9.17, 15) is 5.11 Å². The molecule has 0 bridgehead atoms. The van der Waals surface area contributed by atoms with Crippen LogP contribution in [0.3, 0.4) is 0 Å². The second-order valence-electron chi connectivity index (χ2n) is 5.24. The molecule has 106 valence electrons. The Kier molecular flexibility index (Phi) is 4.80. The number of rotatable bonds is 5. The number of aliphatic hydroxyl groups excluding tert-OH is 1. The summed E-state index contributed by atoms with van der Waals surface area (Å²) in [7, 11) is 0. The maximum Gasteiger partial charge on any atom is 0.0962 e. The van der Waals surface area contributed by atoms with Gasteiger partial charge in [-0.15, -0.1) is 0 Å². The molecule has 0 heterocycles. The number of aryl methyl sites for hydroxylation is 2. The zero-order chi connectivity index (χ0) is 14.5. The maximum atomic E-state index is 10.2. The molecule has 2 nitrogen and oxygen atoms in total. The molecule has 2 N–H and O–H groups in total. The fraction of sp³-hybridized carbons (Fsp3) is 0.333. The zero-order valence-corrected chi connectivity index (χ0v) is 12.5. The average molecular weight is 269 g/mol. The molecule has 20 heavy (non-hydrogen) atoms. The predicted molar refractivity (Wildman–Crippen MR) is 85.2 cm³/mol. The van der Waals surface area contributed by atoms with Gasteiger partial charge in [0.25, 0.3) is 0 Å². The molecule has 1 unspecified atom stereocenters. The fourth-order valence-electron chi connectivity index (χ4n) is 2.24. The van der Waals surface area contributed by atoms with Crippen molar-refractivity contribution < 1.29 is 5.11 Å². The highest BCUT2D eigenvalue weighted by atomic mass is 16.3. The molecule has 2 aromatic rings. The third-order valence-electron chi connectivity index (χ3n) is 3.86. The number of nitrogens with one attached hydrogen (secondary N) is 1. The first-order chi connectivity index (χ1) is 9.61. The highest BCUT2D eigenvalue weighted by Crippen LogP contribution is 2.20. The summed E-state index contributed by atoms with van der Waals surface area (Å²) < 4.78 is 0. The first kappa shape index (κ1) is 14.6. The van der Waals surface area contributed by atoms with Crippen LogP contribution in [-0.4, -0.2) is 11.7 Å². The minimum Gasteiger partial charge on any atom is -0.387 e. The summed E-state index contributed by atoms with van der Waals surface area (Å²) in [5.74, 6) is 0. The van der Waals surface area contributed by atoms with Crippen molar-refractivity contribution in [2.24, 2.45) is 0 Å². The molecule has 0 fully saturated rings. The Morgan fingerprint density at radius 2 is 1.75 bits per heavy atom. The molecule has 0 aliphatic rings. The highest BCUT2D eigenvalue weighted by Gasteiger charge is 2.08. The normalized spacial score (nSPS) is 12.2. The van der Waals surface area contributed by atoms with E-state index < -0.39 is 6.10 Å². The predicted octanol–water partition coefficient (Wildman–Crippen LogP) is 4.01. The molecular formula is C18H23NO. The lowest BCUT2D eigenvalue weighted by molar-refractivity contribution is 0.191. The van der Waals surface area contributed by atoms with Gasteiger partial charge in [0.1, 0.15) is 0 Å². The van der Waals surface area contributed by atoms with Gasteiger partial charge in [-0.1, -0.05) is 43.3 Å². The largest absolute Gasteiger partial charge is 0.387 e. The van der Waals surface area contributed by atoms with Gasteiger partial charge in [0.2, 0.25) is 0 Å². The molecule has 2 rings (SSSR count). The molecule has 1 atom stereocenters. The van der Waals surface area contributed by atoms with Crippen molar-refractivity contribution >= 4 is 5.69 Å². The Bertz CT molecular complexity index is 560. The van der Waals surface area contributed by atoms with Gasteiger partial charge in [0.05, 0.1) is 6.10 Å². The second kappa shape index (κ2) is 6.58. The SMILES string of the molecule is CCc1ccc(C(O)CNc2cccc(C)c2C)cc1. The monoisotopic (exact) mass is 269 g/mol. The van der Waals surface area contributed by atoms with Crippen molar-refractivity contribution in [2.45, 2.75) is 33.3 Å². The smallest absolute Gasteiger partial charge is 0.0962 e. The van der Waals surface area contributed by atoms with Gasteiger partial charge in [-0.2, -0.15) is 0 Å². The lowest BCUT2D eigenvalue weighted by atomic mass is 10.0. The van der Waals surface area contributed by atoms with E-state index in [1.807, 2.05) is 18.2 Å². The van der Waals surface area contributed by atoms with Gasteiger partial charge < -0.3 is 10.4 Å². The van der Waals surface area contributed by atoms with Crippen molar-refractivity contribution in [3.8, 4) is 0 Å². The number of hydrogen-bond donors (Lipinski definition) is 2. The van der Waals surface area contributed by atoms with Gasteiger partial charge in [-0.05, 0) is 48.6 Å². The zero-order valence-electron chi connectivity index (χ0n) is 12.5. The van der Waals surface area contributed by atoms with E-state index in [2.05, 4.69) is 50.4 Å². The molecule has 0 aliphatic carbocycles. The van der Waals surface area contributed by atoms with Crippen molar-refractivity contribution in [1.29, 1.82) is 0 Å². The molecule has 0 radical (unpaired) electrons. The second-order valence-corrected chi connectivity index (χ2v) is 5.24. The van der Waals surface area contributed by atoms with Crippen LogP contribution in [0.5, 0.6) is 0 Å². The highest BCUT2D eigenvalue weighted by molar-refractivity contribution is 5.53. The van der Waals surface area contributed by atoms with Gasteiger partial charge >= 0.3 is 0 Å². The Balaban J connectivity index is 2.00. The third kappa shape index (κ3) is 3.40. The van der Waals surface area contributed by atoms with Crippen LogP contribution >= 0.6 is 0 Å². The number of benzene rings is 2. The van der Waals surface area contributed by atoms with Gasteiger partial charge in [-0.25, -0.2) is 0 Å². The van der Waals surface area contributed by atoms with E-state index in [1.165, 1.54) is 16.7 Å². The van der Waals surface area contributed by atoms with Crippen LogP contribution in [-0.2, 0) is 6.42 Å². The van der Waals surface area contributed by atoms with Gasteiger partial charge in [-0.3, -0.25) is 0 Å². The number of hydrogen-bond acceptors (Lipinski definition) is 2. The first-order valence-electron chi connectivity index (χ1n) is 7.18. The molecule has 0 saturated carbocycles. The van der Waals surface area contributed by atoms with E-state index in [1.54, 1.807) is 0 Å². The van der Waals surface area contributed by atoms with E-state index >= 15 is 0 Å². The Morgan fingerprint density at radius 1 is 1.05 bits per heavy atom. The van der Waals surface area contributed by atoms with Crippen LogP contribution in [0.15, 0.2) is 42.5 Å². The Labute approximate surface area is 121 Å². The minimum atomic E-state index is -0.485. The van der Waals surface area contributed by atoms with Crippen LogP contribution in [0.1, 0.15) is 35.3 Å². The van der Waals surface area contributed by atoms with Crippen molar-refractivity contribution in [3.05, 3.63) is 64.7 Å². The van der Waals surface area contributed by atoms with Crippen molar-refractivity contribution in [3.63, 3.8) is 0 Å². The molecule has 0 amide bonds. The summed E-state index contributed by atoms with van der Waals surface area (Å²) in [6.07, 6.45) is 0.540. The van der Waals surface area contributed by atoms with E-state index in [0.717, 1.165) is 17.7 Å². The van der Waals surface area contributed by atoms with Crippen LogP contribution in [0.4, 0.5) is 5.69 Å². The van der Waals surface area contributed by atoms with E-state index in [4.69, 9.17) is 0 Å². The quantitative estimate of drug-likeness (QED) is 0.859. The summed E-state index contributed by atoms with van der Waals surface area (Å²) in [5, 5.41) is 13.6. The number of aliphatic hydroxyl groups is 1. The summed E-state index contributed by atoms with van der Waals surface area (Å²) in [5.41, 5.74) is 5.84. The third-order valence-corrected chi connectivity index (χ3v) is 3.86. The molecule has 0 saturated heterocycles. The number of anilines is 1. The topological polar surface area (TPSA) is 32.3 Å². The molecular weight excluding hydrogens is 246 g/mol. The lowest BCUT2D eigenvalue weighted by Gasteiger charge is -2.16. The van der Waals surface area contributed by atoms with Crippen LogP contribution < -0.4 is 5.32 Å². The summed E-state index contributed by atoms with van der Waals surface area (Å²) in [6, 6.07) is 14.4. The summed E-state index contributed by atoms with van der Waals surface area (Å²) in [4.78, 5) is 0. The van der Waals surface area contributed by atoms with Gasteiger partial charge in [0, 0.05) is 12.2 Å². The Hall–Kier alpha value is -1.80. The minimum absolute atomic E-state index is 0.485.